The summed E-state index contributed by atoms with van der Waals surface area (Å²) in [5, 5.41) is 9.88. The van der Waals surface area contributed by atoms with Gasteiger partial charge >= 0.3 is 0 Å². The Morgan fingerprint density at radius 3 is 2.00 bits per heavy atom. The molecule has 0 bridgehead atoms. The number of anilines is 2. The zero-order valence-corrected chi connectivity index (χ0v) is 28.3. The Kier molecular flexibility index (Phi) is 9.11. The Labute approximate surface area is 284 Å². The standard InChI is InChI=1S/C35H40Cl2N8O2/c1-43-28-14-16-38-18-26(28)39-32(43)34(46)41-24-12-6-10-22(30(24)36)23-11-7-13-25(31(23)37)42-35(47)33-40-27-20-45(17-15-29(27)44(33)2)19-21-8-4-3-5-9-21/h6-7,10-13,21,38H,3-5,8-9,14-20H2,1-2H3,(H,41,46)(H,42,47). The van der Waals surface area contributed by atoms with Crippen LogP contribution in [0, 0.1) is 5.92 Å². The largest absolute Gasteiger partial charge is 0.327 e. The first kappa shape index (κ1) is 31.9. The van der Waals surface area contributed by atoms with E-state index in [1.165, 1.54) is 32.1 Å². The maximum atomic E-state index is 13.6. The SMILES string of the molecule is Cn1c(C(=O)Nc2cccc(-c3cccc(NC(=O)c4nc5c(n4C)CCN(CC4CCCCC4)C5)c3Cl)c2Cl)nc2c1CCNC2. The molecule has 47 heavy (non-hydrogen) atoms. The van der Waals surface area contributed by atoms with Crippen LogP contribution in [0.1, 0.15) is 76.1 Å². The summed E-state index contributed by atoms with van der Waals surface area (Å²) < 4.78 is 3.76. The van der Waals surface area contributed by atoms with Crippen molar-refractivity contribution in [3.63, 3.8) is 0 Å². The molecule has 2 aromatic carbocycles. The van der Waals surface area contributed by atoms with Crippen LogP contribution in [0.15, 0.2) is 36.4 Å². The minimum Gasteiger partial charge on any atom is -0.327 e. The van der Waals surface area contributed by atoms with E-state index in [-0.39, 0.29) is 11.8 Å². The van der Waals surface area contributed by atoms with Crippen LogP contribution in [0.5, 0.6) is 0 Å². The molecule has 7 rings (SSSR count). The number of fused-ring (bicyclic) bond motifs is 2. The molecule has 3 N–H and O–H groups in total. The van der Waals surface area contributed by atoms with Crippen LogP contribution in [0.2, 0.25) is 10.0 Å². The number of hydrogen-bond acceptors (Lipinski definition) is 6. The molecule has 0 radical (unpaired) electrons. The molecule has 3 aliphatic rings. The summed E-state index contributed by atoms with van der Waals surface area (Å²) in [4.78, 5) is 38.7. The van der Waals surface area contributed by atoms with Gasteiger partial charge in [0.25, 0.3) is 11.8 Å². The van der Waals surface area contributed by atoms with E-state index < -0.39 is 0 Å². The lowest BCUT2D eigenvalue weighted by Gasteiger charge is -2.32. The summed E-state index contributed by atoms with van der Waals surface area (Å²) >= 11 is 13.8. The zero-order valence-electron chi connectivity index (χ0n) is 26.8. The second kappa shape index (κ2) is 13.4. The quantitative estimate of drug-likeness (QED) is 0.215. The zero-order chi connectivity index (χ0) is 32.7. The number of carbonyl (C=O) groups is 2. The van der Waals surface area contributed by atoms with Crippen LogP contribution in [-0.4, -0.2) is 55.5 Å². The van der Waals surface area contributed by atoms with Gasteiger partial charge in [-0.2, -0.15) is 0 Å². The highest BCUT2D eigenvalue weighted by Crippen LogP contribution is 2.40. The van der Waals surface area contributed by atoms with Gasteiger partial charge in [-0.25, -0.2) is 9.97 Å². The summed E-state index contributed by atoms with van der Waals surface area (Å²) in [6.45, 7) is 4.36. The molecule has 1 fully saturated rings. The number of carbonyl (C=O) groups excluding carboxylic acids is 2. The average molecular weight is 676 g/mol. The van der Waals surface area contributed by atoms with Gasteiger partial charge in [-0.05, 0) is 30.9 Å². The molecule has 0 unspecified atom stereocenters. The van der Waals surface area contributed by atoms with E-state index in [9.17, 15) is 9.59 Å². The molecule has 1 aliphatic carbocycles. The molecule has 0 saturated heterocycles. The molecule has 0 atom stereocenters. The lowest BCUT2D eigenvalue weighted by Crippen LogP contribution is -2.35. The molecule has 4 heterocycles. The molecule has 2 aliphatic heterocycles. The molecular weight excluding hydrogens is 635 g/mol. The number of nitrogens with zero attached hydrogens (tertiary/aromatic N) is 5. The number of amides is 2. The van der Waals surface area contributed by atoms with Crippen molar-refractivity contribution in [1.29, 1.82) is 0 Å². The minimum atomic E-state index is -0.345. The highest BCUT2D eigenvalue weighted by Gasteiger charge is 2.28. The van der Waals surface area contributed by atoms with Crippen molar-refractivity contribution in [3.8, 4) is 11.1 Å². The number of rotatable bonds is 7. The number of halogens is 2. The Hall–Kier alpha value is -3.70. The summed E-state index contributed by atoms with van der Waals surface area (Å²) in [6, 6.07) is 10.8. The van der Waals surface area contributed by atoms with Crippen LogP contribution in [0.4, 0.5) is 11.4 Å². The van der Waals surface area contributed by atoms with Crippen molar-refractivity contribution in [3.05, 3.63) is 80.9 Å². The van der Waals surface area contributed by atoms with Gasteiger partial charge in [0, 0.05) is 82.2 Å². The molecule has 0 spiro atoms. The lowest BCUT2D eigenvalue weighted by molar-refractivity contribution is 0.100. The number of hydrogen-bond donors (Lipinski definition) is 3. The van der Waals surface area contributed by atoms with E-state index in [0.29, 0.717) is 50.7 Å². The van der Waals surface area contributed by atoms with E-state index >= 15 is 0 Å². The molecular formula is C35H40Cl2N8O2. The normalized spacial score (nSPS) is 16.9. The van der Waals surface area contributed by atoms with E-state index in [4.69, 9.17) is 28.2 Å². The summed E-state index contributed by atoms with van der Waals surface area (Å²) in [6.07, 6.45) is 8.34. The molecule has 2 aromatic heterocycles. The lowest BCUT2D eigenvalue weighted by atomic mass is 9.88. The third-order valence-electron chi connectivity index (χ3n) is 9.89. The second-order valence-corrected chi connectivity index (χ2v) is 13.7. The Morgan fingerprint density at radius 2 is 1.40 bits per heavy atom. The van der Waals surface area contributed by atoms with Gasteiger partial charge in [0.2, 0.25) is 0 Å². The Bertz CT molecular complexity index is 1840. The van der Waals surface area contributed by atoms with E-state index in [1.807, 2.05) is 47.5 Å². The van der Waals surface area contributed by atoms with Crippen LogP contribution in [0.25, 0.3) is 11.1 Å². The van der Waals surface area contributed by atoms with Gasteiger partial charge in [0.05, 0.1) is 32.8 Å². The molecule has 12 heteroatoms. The topological polar surface area (TPSA) is 109 Å². The van der Waals surface area contributed by atoms with E-state index in [1.54, 1.807) is 12.1 Å². The third kappa shape index (κ3) is 6.32. The van der Waals surface area contributed by atoms with Crippen molar-refractivity contribution >= 4 is 46.4 Å². The molecule has 4 aromatic rings. The van der Waals surface area contributed by atoms with Gasteiger partial charge in [-0.15, -0.1) is 0 Å². The van der Waals surface area contributed by atoms with Gasteiger partial charge in [0.1, 0.15) is 0 Å². The smallest absolute Gasteiger partial charge is 0.291 e. The van der Waals surface area contributed by atoms with Gasteiger partial charge < -0.3 is 25.1 Å². The summed E-state index contributed by atoms with van der Waals surface area (Å²) in [5.41, 5.74) is 6.18. The van der Waals surface area contributed by atoms with Crippen molar-refractivity contribution < 1.29 is 9.59 Å². The molecule has 10 nitrogen and oxygen atoms in total. The van der Waals surface area contributed by atoms with Gasteiger partial charge in [-0.3, -0.25) is 14.5 Å². The van der Waals surface area contributed by atoms with Crippen LogP contribution < -0.4 is 16.0 Å². The van der Waals surface area contributed by atoms with Gasteiger partial charge in [-0.1, -0.05) is 66.7 Å². The maximum absolute atomic E-state index is 13.6. The fraction of sp³-hybridized carbons (Fsp3) is 0.429. The maximum Gasteiger partial charge on any atom is 0.291 e. The Morgan fingerprint density at radius 1 is 0.830 bits per heavy atom. The monoisotopic (exact) mass is 674 g/mol. The Balaban J connectivity index is 1.07. The number of imidazole rings is 2. The van der Waals surface area contributed by atoms with Crippen LogP contribution >= 0.6 is 23.2 Å². The van der Waals surface area contributed by atoms with Crippen molar-refractivity contribution in [2.45, 2.75) is 58.0 Å². The minimum absolute atomic E-state index is 0.320. The fourth-order valence-corrected chi connectivity index (χ4v) is 7.91. The summed E-state index contributed by atoms with van der Waals surface area (Å²) in [5.74, 6) is 0.796. The number of benzene rings is 2. The highest BCUT2D eigenvalue weighted by molar-refractivity contribution is 6.40. The molecule has 1 saturated carbocycles. The van der Waals surface area contributed by atoms with E-state index in [2.05, 4.69) is 25.8 Å². The van der Waals surface area contributed by atoms with Crippen LogP contribution in [-0.2, 0) is 40.0 Å². The van der Waals surface area contributed by atoms with Crippen molar-refractivity contribution in [2.24, 2.45) is 20.0 Å². The molecule has 2 amide bonds. The number of nitrogens with one attached hydrogen (secondary N) is 3. The van der Waals surface area contributed by atoms with E-state index in [0.717, 1.165) is 67.7 Å². The predicted molar refractivity (Wildman–Crippen MR) is 185 cm³/mol. The first-order chi connectivity index (χ1) is 22.8. The fourth-order valence-electron chi connectivity index (χ4n) is 7.36. The van der Waals surface area contributed by atoms with Crippen molar-refractivity contribution in [1.82, 2.24) is 29.3 Å². The predicted octanol–water partition coefficient (Wildman–Crippen LogP) is 6.22. The second-order valence-electron chi connectivity index (χ2n) is 12.9. The first-order valence-corrected chi connectivity index (χ1v) is 17.3. The highest BCUT2D eigenvalue weighted by atomic mass is 35.5. The third-order valence-corrected chi connectivity index (χ3v) is 10.7. The summed E-state index contributed by atoms with van der Waals surface area (Å²) in [7, 11) is 3.77. The average Bonchev–Trinajstić information content (AvgIpc) is 3.59. The first-order valence-electron chi connectivity index (χ1n) is 16.5. The molecule has 246 valence electrons. The van der Waals surface area contributed by atoms with Gasteiger partial charge in [0.15, 0.2) is 11.6 Å². The number of aromatic nitrogens is 4. The van der Waals surface area contributed by atoms with Crippen LogP contribution in [0.3, 0.4) is 0 Å². The van der Waals surface area contributed by atoms with Crippen molar-refractivity contribution in [2.75, 3.05) is 30.3 Å².